The number of aliphatic imine (C=N–C) groups is 2. The van der Waals surface area contributed by atoms with Crippen LogP contribution in [0.3, 0.4) is 0 Å². The minimum absolute atomic E-state index is 0.00656. The molecule has 0 radical (unpaired) electrons. The molecule has 4 heterocycles. The highest BCUT2D eigenvalue weighted by Gasteiger charge is 2.49. The molecule has 3 aliphatic rings. The number of hydrogen-bond acceptors (Lipinski definition) is 6. The third kappa shape index (κ3) is 2.39. The lowest BCUT2D eigenvalue weighted by atomic mass is 10.2. The number of aryl methyl sites for hydroxylation is 1. The molecule has 2 aliphatic heterocycles. The van der Waals surface area contributed by atoms with E-state index in [4.69, 9.17) is 14.7 Å². The predicted octanol–water partition coefficient (Wildman–Crippen LogP) is 2.77. The van der Waals surface area contributed by atoms with E-state index in [0.29, 0.717) is 17.5 Å². The maximum atomic E-state index is 14.1. The van der Waals surface area contributed by atoms with Gasteiger partial charge in [0.15, 0.2) is 17.4 Å². The molecule has 1 aliphatic carbocycles. The fourth-order valence-electron chi connectivity index (χ4n) is 4.00. The van der Waals surface area contributed by atoms with Gasteiger partial charge in [0.2, 0.25) is 0 Å². The summed E-state index contributed by atoms with van der Waals surface area (Å²) in [5, 5.41) is 2.01. The molecule has 7 nitrogen and oxygen atoms in total. The molecule has 1 saturated carbocycles. The Bertz CT molecular complexity index is 1050. The van der Waals surface area contributed by atoms with Crippen molar-refractivity contribution in [2.75, 3.05) is 7.11 Å². The molecule has 0 bridgehead atoms. The fraction of sp³-hybridized carbons (Fsp3) is 0.421. The summed E-state index contributed by atoms with van der Waals surface area (Å²) in [6, 6.07) is 1.64. The highest BCUT2D eigenvalue weighted by molar-refractivity contribution is 6.41. The molecule has 140 valence electrons. The second-order valence-corrected chi connectivity index (χ2v) is 7.35. The van der Waals surface area contributed by atoms with Crippen LogP contribution in [0.1, 0.15) is 37.6 Å². The van der Waals surface area contributed by atoms with Crippen molar-refractivity contribution in [2.45, 2.75) is 39.3 Å². The van der Waals surface area contributed by atoms with Crippen LogP contribution in [0, 0.1) is 18.7 Å². The summed E-state index contributed by atoms with van der Waals surface area (Å²) in [5.74, 6) is 1.39. The summed E-state index contributed by atoms with van der Waals surface area (Å²) < 4.78 is 20.9. The van der Waals surface area contributed by atoms with Crippen LogP contribution < -0.4 is 10.2 Å². The van der Waals surface area contributed by atoms with Crippen molar-refractivity contribution < 1.29 is 9.13 Å². The first-order valence-electron chi connectivity index (χ1n) is 9.05. The first-order valence-corrected chi connectivity index (χ1v) is 9.05. The molecule has 1 fully saturated rings. The van der Waals surface area contributed by atoms with Gasteiger partial charge >= 0.3 is 0 Å². The van der Waals surface area contributed by atoms with Crippen LogP contribution in [0.5, 0.6) is 5.75 Å². The van der Waals surface area contributed by atoms with Gasteiger partial charge in [0.05, 0.1) is 30.4 Å². The number of imidazole rings is 1. The molecule has 1 N–H and O–H groups in total. The Hall–Kier alpha value is -2.74. The van der Waals surface area contributed by atoms with Crippen LogP contribution in [0.25, 0.3) is 5.65 Å². The summed E-state index contributed by atoms with van der Waals surface area (Å²) in [5.41, 5.74) is 8.12. The van der Waals surface area contributed by atoms with Crippen LogP contribution in [0.4, 0.5) is 4.39 Å². The van der Waals surface area contributed by atoms with Gasteiger partial charge in [-0.3, -0.25) is 10.0 Å². The lowest BCUT2D eigenvalue weighted by molar-refractivity contribution is 0.333. The summed E-state index contributed by atoms with van der Waals surface area (Å²) >= 11 is 0. The zero-order valence-corrected chi connectivity index (χ0v) is 15.7. The number of allylic oxidation sites excluding steroid dienone is 1. The Morgan fingerprint density at radius 1 is 1.30 bits per heavy atom. The van der Waals surface area contributed by atoms with Gasteiger partial charge < -0.3 is 9.14 Å². The molecule has 0 saturated heterocycles. The quantitative estimate of drug-likeness (QED) is 0.905. The molecule has 3 unspecified atom stereocenters. The smallest absolute Gasteiger partial charge is 0.181 e. The molecule has 8 heteroatoms. The lowest BCUT2D eigenvalue weighted by Crippen LogP contribution is -2.43. The monoisotopic (exact) mass is 368 g/mol. The van der Waals surface area contributed by atoms with Gasteiger partial charge in [0.1, 0.15) is 11.8 Å². The number of nitrogens with zero attached hydrogens (tertiary/aromatic N) is 5. The van der Waals surface area contributed by atoms with Crippen molar-refractivity contribution >= 4 is 17.2 Å². The molecule has 0 aromatic carbocycles. The minimum atomic E-state index is -0.387. The maximum absolute atomic E-state index is 14.1. The van der Waals surface area contributed by atoms with E-state index < -0.39 is 0 Å². The molecule has 5 rings (SSSR count). The van der Waals surface area contributed by atoms with E-state index in [1.54, 1.807) is 10.5 Å². The topological polar surface area (TPSA) is 66.5 Å². The van der Waals surface area contributed by atoms with Gasteiger partial charge in [-0.25, -0.2) is 19.8 Å². The van der Waals surface area contributed by atoms with E-state index >= 15 is 0 Å². The Balaban J connectivity index is 1.43. The molecule has 0 amide bonds. The number of pyridine rings is 1. The average molecular weight is 368 g/mol. The van der Waals surface area contributed by atoms with Crippen LogP contribution in [0.2, 0.25) is 0 Å². The number of amidine groups is 1. The highest BCUT2D eigenvalue weighted by Crippen LogP contribution is 2.51. The van der Waals surface area contributed by atoms with Gasteiger partial charge in [0, 0.05) is 29.8 Å². The first kappa shape index (κ1) is 16.4. The van der Waals surface area contributed by atoms with E-state index in [1.807, 2.05) is 32.0 Å². The van der Waals surface area contributed by atoms with Gasteiger partial charge in [-0.2, -0.15) is 0 Å². The second kappa shape index (κ2) is 5.63. The van der Waals surface area contributed by atoms with Crippen molar-refractivity contribution in [3.8, 4) is 5.75 Å². The van der Waals surface area contributed by atoms with Crippen molar-refractivity contribution in [1.82, 2.24) is 19.8 Å². The average Bonchev–Trinajstić information content (AvgIpc) is 3.20. The number of aromatic nitrogens is 2. The van der Waals surface area contributed by atoms with Crippen LogP contribution >= 0.6 is 0 Å². The Morgan fingerprint density at radius 3 is 2.85 bits per heavy atom. The van der Waals surface area contributed by atoms with Crippen LogP contribution in [-0.2, 0) is 0 Å². The Morgan fingerprint density at radius 2 is 2.11 bits per heavy atom. The van der Waals surface area contributed by atoms with Crippen molar-refractivity contribution in [3.63, 3.8) is 0 Å². The number of ether oxygens (including phenoxy) is 1. The van der Waals surface area contributed by atoms with Gasteiger partial charge in [-0.05, 0) is 27.2 Å². The van der Waals surface area contributed by atoms with E-state index in [2.05, 4.69) is 10.4 Å². The molecule has 0 spiro atoms. The molecule has 2 aromatic rings. The van der Waals surface area contributed by atoms with Gasteiger partial charge in [-0.1, -0.05) is 0 Å². The number of methoxy groups -OCH3 is 1. The normalized spacial score (nSPS) is 26.6. The molecule has 27 heavy (non-hydrogen) atoms. The number of hydrazine groups is 1. The Kier molecular flexibility index (Phi) is 3.42. The summed E-state index contributed by atoms with van der Waals surface area (Å²) in [7, 11) is 1.46. The first-order chi connectivity index (χ1) is 13.0. The second-order valence-electron chi connectivity index (χ2n) is 7.35. The fourth-order valence-corrected chi connectivity index (χ4v) is 4.00. The zero-order valence-electron chi connectivity index (χ0n) is 15.7. The molecular weight excluding hydrogens is 347 g/mol. The van der Waals surface area contributed by atoms with E-state index in [0.717, 1.165) is 35.1 Å². The third-order valence-electron chi connectivity index (χ3n) is 5.62. The minimum Gasteiger partial charge on any atom is -0.493 e. The van der Waals surface area contributed by atoms with Crippen molar-refractivity contribution in [3.05, 3.63) is 41.4 Å². The Labute approximate surface area is 156 Å². The summed E-state index contributed by atoms with van der Waals surface area (Å²) in [4.78, 5) is 14.0. The maximum Gasteiger partial charge on any atom is 0.181 e. The van der Waals surface area contributed by atoms with Crippen LogP contribution in [0.15, 0.2) is 34.1 Å². The number of fused-ring (bicyclic) bond motifs is 2. The number of halogens is 1. The molecule has 3 atom stereocenters. The van der Waals surface area contributed by atoms with E-state index in [-0.39, 0.29) is 17.7 Å². The largest absolute Gasteiger partial charge is 0.493 e. The number of nitrogens with one attached hydrogen (secondary N) is 1. The lowest BCUT2D eigenvalue weighted by Gasteiger charge is -2.24. The number of rotatable bonds is 3. The number of hydrogen-bond donors (Lipinski definition) is 1. The van der Waals surface area contributed by atoms with Crippen LogP contribution in [-0.4, -0.2) is 39.2 Å². The summed E-state index contributed by atoms with van der Waals surface area (Å²) in [6.07, 6.45) is 4.31. The van der Waals surface area contributed by atoms with E-state index in [9.17, 15) is 4.39 Å². The van der Waals surface area contributed by atoms with Crippen molar-refractivity contribution in [2.24, 2.45) is 15.9 Å². The van der Waals surface area contributed by atoms with Gasteiger partial charge in [0.25, 0.3) is 0 Å². The van der Waals surface area contributed by atoms with Crippen molar-refractivity contribution in [1.29, 1.82) is 0 Å². The third-order valence-corrected chi connectivity index (χ3v) is 5.62. The predicted molar refractivity (Wildman–Crippen MR) is 100 cm³/mol. The SMILES string of the molecule is COc1cc2nc(C3CC3C3N=C4C(C)=NC=C(C)N4N3)c(C)n2cc1F. The molecular formula is C19H21FN6O. The standard InChI is InChI=1S/C19H21FN6O/c1-9-7-21-10(2)19-23-18(24-26(9)19)13-5-12(13)17-11(3)25-8-14(20)15(27-4)6-16(25)22-17/h6-8,12-13,18,24H,5H2,1-4H3. The van der Waals surface area contributed by atoms with E-state index in [1.165, 1.54) is 13.3 Å². The van der Waals surface area contributed by atoms with Gasteiger partial charge in [-0.15, -0.1) is 0 Å². The molecule has 2 aromatic heterocycles. The zero-order chi connectivity index (χ0) is 18.9. The highest BCUT2D eigenvalue weighted by atomic mass is 19.1. The summed E-state index contributed by atoms with van der Waals surface area (Å²) in [6.45, 7) is 5.97.